The van der Waals surface area contributed by atoms with Crippen LogP contribution in [0.1, 0.15) is 23.5 Å². The molecule has 3 rings (SSSR count). The molecule has 2 nitrogen and oxygen atoms in total. The normalized spacial score (nSPS) is 16.4. The van der Waals surface area contributed by atoms with Gasteiger partial charge in [-0.25, -0.2) is 0 Å². The highest BCUT2D eigenvalue weighted by Gasteiger charge is 2.31. The van der Waals surface area contributed by atoms with Crippen LogP contribution in [0.3, 0.4) is 0 Å². The van der Waals surface area contributed by atoms with E-state index >= 15 is 0 Å². The Bertz CT molecular complexity index is 558. The third kappa shape index (κ3) is 1.53. The summed E-state index contributed by atoms with van der Waals surface area (Å²) in [5.74, 6) is 0.534. The van der Waals surface area contributed by atoms with Crippen molar-refractivity contribution in [1.82, 2.24) is 0 Å². The van der Waals surface area contributed by atoms with E-state index in [2.05, 4.69) is 6.07 Å². The average molecular weight is 260 g/mol. The topological polar surface area (TPSA) is 46.2 Å². The molecule has 0 amide bonds. The van der Waals surface area contributed by atoms with Gasteiger partial charge >= 0.3 is 0 Å². The minimum Gasteiger partial charge on any atom is -0.507 e. The van der Waals surface area contributed by atoms with Crippen molar-refractivity contribution in [1.29, 1.82) is 0 Å². The average Bonchev–Trinajstić information content (AvgIpc) is 2.68. The maximum atomic E-state index is 10.1. The van der Waals surface area contributed by atoms with E-state index in [0.717, 1.165) is 23.1 Å². The minimum atomic E-state index is 0.241. The number of halogens is 1. The molecule has 2 aromatic carbocycles. The van der Waals surface area contributed by atoms with Gasteiger partial charge in [-0.05, 0) is 36.2 Å². The Morgan fingerprint density at radius 1 is 1.06 bits per heavy atom. The predicted octanol–water partition coefficient (Wildman–Crippen LogP) is 3.51. The highest BCUT2D eigenvalue weighted by atomic mass is 35.5. The van der Waals surface area contributed by atoms with Gasteiger partial charge in [-0.1, -0.05) is 35.9 Å². The van der Waals surface area contributed by atoms with Crippen molar-refractivity contribution in [2.45, 2.75) is 12.3 Å². The number of rotatable bonds is 2. The Hall–Kier alpha value is -1.51. The third-order valence-corrected chi connectivity index (χ3v) is 3.89. The monoisotopic (exact) mass is 259 g/mol. The number of hydrogen-bond donors (Lipinski definition) is 2. The van der Waals surface area contributed by atoms with Gasteiger partial charge in [0, 0.05) is 22.1 Å². The quantitative estimate of drug-likeness (QED) is 0.867. The molecule has 3 heteroatoms. The lowest BCUT2D eigenvalue weighted by Gasteiger charge is -2.11. The zero-order chi connectivity index (χ0) is 12.7. The Labute approximate surface area is 111 Å². The zero-order valence-electron chi connectivity index (χ0n) is 9.86. The largest absolute Gasteiger partial charge is 0.507 e. The molecule has 1 unspecified atom stereocenters. The van der Waals surface area contributed by atoms with Crippen LogP contribution in [0, 0.1) is 0 Å². The molecule has 3 N–H and O–H groups in total. The molecule has 0 saturated heterocycles. The third-order valence-electron chi connectivity index (χ3n) is 3.58. The van der Waals surface area contributed by atoms with E-state index in [4.69, 9.17) is 17.3 Å². The molecule has 18 heavy (non-hydrogen) atoms. The molecule has 0 heterocycles. The highest BCUT2D eigenvalue weighted by Crippen LogP contribution is 2.52. The summed E-state index contributed by atoms with van der Waals surface area (Å²) in [6, 6.07) is 11.5. The smallest absolute Gasteiger partial charge is 0.123 e. The fourth-order valence-electron chi connectivity index (χ4n) is 2.86. The number of hydrogen-bond acceptors (Lipinski definition) is 2. The molecular formula is C15H14ClNO. The van der Waals surface area contributed by atoms with Crippen molar-refractivity contribution in [3.8, 4) is 16.9 Å². The van der Waals surface area contributed by atoms with E-state index in [1.54, 1.807) is 6.07 Å². The van der Waals surface area contributed by atoms with Crippen molar-refractivity contribution in [3.63, 3.8) is 0 Å². The maximum Gasteiger partial charge on any atom is 0.123 e. The predicted molar refractivity (Wildman–Crippen MR) is 74.1 cm³/mol. The summed E-state index contributed by atoms with van der Waals surface area (Å²) in [7, 11) is 0. The number of phenols is 1. The molecule has 0 aliphatic heterocycles. The van der Waals surface area contributed by atoms with Crippen molar-refractivity contribution in [3.05, 3.63) is 52.5 Å². The molecule has 1 atom stereocenters. The first-order valence-electron chi connectivity index (χ1n) is 6.04. The molecule has 1 aliphatic carbocycles. The molecule has 0 spiro atoms. The van der Waals surface area contributed by atoms with Gasteiger partial charge in [0.15, 0.2) is 0 Å². The van der Waals surface area contributed by atoms with Crippen LogP contribution < -0.4 is 5.73 Å². The summed E-state index contributed by atoms with van der Waals surface area (Å²) >= 11 is 6.29. The molecule has 92 valence electrons. The first kappa shape index (κ1) is 11.6. The van der Waals surface area contributed by atoms with E-state index in [1.807, 2.05) is 24.3 Å². The Morgan fingerprint density at radius 2 is 1.72 bits per heavy atom. The second kappa shape index (κ2) is 4.30. The Morgan fingerprint density at radius 3 is 2.44 bits per heavy atom. The molecule has 0 radical (unpaired) electrons. The molecule has 0 fully saturated rings. The van der Waals surface area contributed by atoms with Gasteiger partial charge in [-0.2, -0.15) is 0 Å². The van der Waals surface area contributed by atoms with Crippen molar-refractivity contribution in [2.24, 2.45) is 5.73 Å². The van der Waals surface area contributed by atoms with E-state index in [0.29, 0.717) is 17.3 Å². The maximum absolute atomic E-state index is 10.1. The standard InChI is InChI=1S/C15H14ClNO/c16-12-5-1-3-10-9(7-8-17)11-4-2-6-13(18)15(11)14(10)12/h1-6,9,18H,7-8,17H2. The highest BCUT2D eigenvalue weighted by molar-refractivity contribution is 6.34. The number of phenolic OH excluding ortho intramolecular Hbond substituents is 1. The second-order valence-electron chi connectivity index (χ2n) is 4.58. The van der Waals surface area contributed by atoms with Crippen LogP contribution in [-0.4, -0.2) is 11.7 Å². The van der Waals surface area contributed by atoms with Gasteiger partial charge in [0.05, 0.1) is 0 Å². The van der Waals surface area contributed by atoms with E-state index in [-0.39, 0.29) is 5.92 Å². The Kier molecular flexibility index (Phi) is 2.77. The number of fused-ring (bicyclic) bond motifs is 3. The first-order valence-corrected chi connectivity index (χ1v) is 6.42. The summed E-state index contributed by atoms with van der Waals surface area (Å²) in [6.45, 7) is 0.617. The number of benzene rings is 2. The van der Waals surface area contributed by atoms with Gasteiger partial charge < -0.3 is 10.8 Å². The summed E-state index contributed by atoms with van der Waals surface area (Å²) in [5.41, 5.74) is 9.84. The van der Waals surface area contributed by atoms with Crippen LogP contribution in [0.4, 0.5) is 0 Å². The van der Waals surface area contributed by atoms with Gasteiger partial charge in [-0.15, -0.1) is 0 Å². The van der Waals surface area contributed by atoms with Gasteiger partial charge in [0.25, 0.3) is 0 Å². The van der Waals surface area contributed by atoms with E-state index < -0.39 is 0 Å². The lowest BCUT2D eigenvalue weighted by atomic mass is 9.94. The van der Waals surface area contributed by atoms with Crippen LogP contribution in [0.15, 0.2) is 36.4 Å². The van der Waals surface area contributed by atoms with Crippen molar-refractivity contribution >= 4 is 11.6 Å². The number of aromatic hydroxyl groups is 1. The van der Waals surface area contributed by atoms with Crippen LogP contribution in [0.5, 0.6) is 5.75 Å². The van der Waals surface area contributed by atoms with E-state index in [9.17, 15) is 5.11 Å². The van der Waals surface area contributed by atoms with Gasteiger partial charge in [0.2, 0.25) is 0 Å². The molecule has 2 aromatic rings. The zero-order valence-corrected chi connectivity index (χ0v) is 10.6. The molecular weight excluding hydrogens is 246 g/mol. The summed E-state index contributed by atoms with van der Waals surface area (Å²) < 4.78 is 0. The van der Waals surface area contributed by atoms with Gasteiger partial charge in [-0.3, -0.25) is 0 Å². The fourth-order valence-corrected chi connectivity index (χ4v) is 3.14. The van der Waals surface area contributed by atoms with Crippen LogP contribution in [0.2, 0.25) is 5.02 Å². The summed E-state index contributed by atoms with van der Waals surface area (Å²) in [5, 5.41) is 10.8. The van der Waals surface area contributed by atoms with Crippen LogP contribution in [0.25, 0.3) is 11.1 Å². The van der Waals surface area contributed by atoms with Gasteiger partial charge in [0.1, 0.15) is 5.75 Å². The van der Waals surface area contributed by atoms with Crippen molar-refractivity contribution < 1.29 is 5.11 Å². The second-order valence-corrected chi connectivity index (χ2v) is 4.98. The van der Waals surface area contributed by atoms with Crippen LogP contribution in [-0.2, 0) is 0 Å². The fraction of sp³-hybridized carbons (Fsp3) is 0.200. The number of nitrogens with two attached hydrogens (primary N) is 1. The molecule has 0 aromatic heterocycles. The van der Waals surface area contributed by atoms with E-state index in [1.165, 1.54) is 5.56 Å². The van der Waals surface area contributed by atoms with Crippen molar-refractivity contribution in [2.75, 3.05) is 6.54 Å². The lowest BCUT2D eigenvalue weighted by Crippen LogP contribution is -2.06. The van der Waals surface area contributed by atoms with Crippen LogP contribution >= 0.6 is 11.6 Å². The molecule has 1 aliphatic rings. The SMILES string of the molecule is NCCC1c2cccc(O)c2-c2c(Cl)cccc21. The minimum absolute atomic E-state index is 0.241. The summed E-state index contributed by atoms with van der Waals surface area (Å²) in [6.07, 6.45) is 0.865. The molecule has 0 bridgehead atoms. The lowest BCUT2D eigenvalue weighted by molar-refractivity contribution is 0.477. The summed E-state index contributed by atoms with van der Waals surface area (Å²) in [4.78, 5) is 0. The molecule has 0 saturated carbocycles. The Balaban J connectivity index is 2.31. The first-order chi connectivity index (χ1) is 8.74.